The lowest BCUT2D eigenvalue weighted by Crippen LogP contribution is -2.14. The van der Waals surface area contributed by atoms with Crippen LogP contribution >= 0.6 is 11.3 Å². The van der Waals surface area contributed by atoms with E-state index in [1.165, 1.54) is 11.3 Å². The minimum absolute atomic E-state index is 0.0174. The van der Waals surface area contributed by atoms with Crippen molar-refractivity contribution < 1.29 is 8.78 Å². The average molecular weight is 265 g/mol. The van der Waals surface area contributed by atoms with E-state index in [1.807, 2.05) is 0 Å². The lowest BCUT2D eigenvalue weighted by Gasteiger charge is -2.06. The van der Waals surface area contributed by atoms with Gasteiger partial charge in [-0.2, -0.15) is 5.26 Å². The lowest BCUT2D eigenvalue weighted by atomic mass is 10.1. The van der Waals surface area contributed by atoms with Crippen LogP contribution < -0.4 is 5.32 Å². The average Bonchev–Trinajstić information content (AvgIpc) is 2.85. The Morgan fingerprint density at radius 2 is 2.00 bits per heavy atom. The monoisotopic (exact) mass is 265 g/mol. The fourth-order valence-electron chi connectivity index (χ4n) is 1.48. The molecule has 2 rings (SSSR count). The van der Waals surface area contributed by atoms with Crippen molar-refractivity contribution in [2.24, 2.45) is 0 Å². The topological polar surface area (TPSA) is 48.7 Å². The zero-order valence-electron chi connectivity index (χ0n) is 9.28. The van der Waals surface area contributed by atoms with E-state index in [0.29, 0.717) is 6.54 Å². The molecule has 0 spiro atoms. The highest BCUT2D eigenvalue weighted by atomic mass is 32.1. The molecule has 3 nitrogen and oxygen atoms in total. The molecule has 6 heteroatoms. The van der Waals surface area contributed by atoms with Gasteiger partial charge in [0, 0.05) is 29.7 Å². The first-order valence-electron chi connectivity index (χ1n) is 5.17. The molecule has 0 bridgehead atoms. The Hall–Kier alpha value is -1.84. The van der Waals surface area contributed by atoms with Gasteiger partial charge in [0.25, 0.3) is 0 Å². The Morgan fingerprint density at radius 3 is 2.56 bits per heavy atom. The van der Waals surface area contributed by atoms with Gasteiger partial charge >= 0.3 is 0 Å². The van der Waals surface area contributed by atoms with Crippen LogP contribution in [0.3, 0.4) is 0 Å². The first-order chi connectivity index (χ1) is 8.70. The lowest BCUT2D eigenvalue weighted by molar-refractivity contribution is 0.535. The van der Waals surface area contributed by atoms with Crippen molar-refractivity contribution >= 4 is 11.3 Å². The van der Waals surface area contributed by atoms with Crippen LogP contribution in [0.15, 0.2) is 23.8 Å². The van der Waals surface area contributed by atoms with Crippen molar-refractivity contribution in [3.8, 4) is 6.07 Å². The van der Waals surface area contributed by atoms with E-state index < -0.39 is 11.6 Å². The second-order valence-electron chi connectivity index (χ2n) is 3.60. The van der Waals surface area contributed by atoms with E-state index in [9.17, 15) is 8.78 Å². The van der Waals surface area contributed by atoms with Crippen LogP contribution in [-0.2, 0) is 13.1 Å². The number of hydrogen-bond acceptors (Lipinski definition) is 4. The van der Waals surface area contributed by atoms with Crippen LogP contribution in [0.2, 0.25) is 0 Å². The van der Waals surface area contributed by atoms with Gasteiger partial charge in [-0.1, -0.05) is 0 Å². The maximum absolute atomic E-state index is 13.5. The molecule has 1 heterocycles. The summed E-state index contributed by atoms with van der Waals surface area (Å²) >= 11 is 1.47. The molecule has 0 fully saturated rings. The maximum Gasteiger partial charge on any atom is 0.131 e. The number of nitrogens with zero attached hydrogens (tertiary/aromatic N) is 2. The summed E-state index contributed by atoms with van der Waals surface area (Å²) in [5, 5.41) is 11.5. The second kappa shape index (κ2) is 5.67. The molecule has 1 aromatic heterocycles. The summed E-state index contributed by atoms with van der Waals surface area (Å²) in [6, 6.07) is 3.78. The van der Waals surface area contributed by atoms with E-state index >= 15 is 0 Å². The smallest absolute Gasteiger partial charge is 0.131 e. The number of nitriles is 1. The molecule has 0 unspecified atom stereocenters. The molecule has 18 heavy (non-hydrogen) atoms. The Labute approximate surface area is 107 Å². The van der Waals surface area contributed by atoms with Crippen molar-refractivity contribution in [2.75, 3.05) is 0 Å². The Bertz CT molecular complexity index is 552. The number of aromatic nitrogens is 1. The van der Waals surface area contributed by atoms with Gasteiger partial charge in [-0.3, -0.25) is 4.98 Å². The summed E-state index contributed by atoms with van der Waals surface area (Å²) in [6.45, 7) is 0.574. The molecular formula is C12H9F2N3S. The van der Waals surface area contributed by atoms with Crippen molar-refractivity contribution in [2.45, 2.75) is 13.1 Å². The molecular weight excluding hydrogens is 256 g/mol. The molecule has 1 aromatic carbocycles. The normalized spacial score (nSPS) is 10.3. The highest BCUT2D eigenvalue weighted by molar-refractivity contribution is 7.09. The molecule has 0 saturated heterocycles. The molecule has 0 aliphatic heterocycles. The maximum atomic E-state index is 13.5. The van der Waals surface area contributed by atoms with Crippen LogP contribution in [0, 0.1) is 23.0 Å². The summed E-state index contributed by atoms with van der Waals surface area (Å²) in [5.41, 5.74) is 1.62. The molecule has 0 aliphatic carbocycles. The predicted molar refractivity (Wildman–Crippen MR) is 63.7 cm³/mol. The Morgan fingerprint density at radius 1 is 1.28 bits per heavy atom. The fraction of sp³-hybridized carbons (Fsp3) is 0.167. The molecule has 92 valence electrons. The van der Waals surface area contributed by atoms with Gasteiger partial charge in [0.1, 0.15) is 11.6 Å². The van der Waals surface area contributed by atoms with E-state index in [0.717, 1.165) is 17.0 Å². The van der Waals surface area contributed by atoms with Gasteiger partial charge in [0.2, 0.25) is 0 Å². The predicted octanol–water partition coefficient (Wildman–Crippen LogP) is 2.58. The number of hydrogen-bond donors (Lipinski definition) is 1. The highest BCUT2D eigenvalue weighted by Gasteiger charge is 2.10. The van der Waals surface area contributed by atoms with Crippen molar-refractivity contribution in [3.05, 3.63) is 51.5 Å². The van der Waals surface area contributed by atoms with E-state index in [2.05, 4.69) is 10.3 Å². The summed E-state index contributed by atoms with van der Waals surface area (Å²) in [7, 11) is 0. The number of halogens is 2. The van der Waals surface area contributed by atoms with Crippen LogP contribution in [0.4, 0.5) is 8.78 Å². The molecule has 0 amide bonds. The molecule has 0 saturated carbocycles. The van der Waals surface area contributed by atoms with Gasteiger partial charge in [-0.15, -0.1) is 11.3 Å². The summed E-state index contributed by atoms with van der Waals surface area (Å²) < 4.78 is 27.0. The minimum atomic E-state index is -0.705. The first-order valence-corrected chi connectivity index (χ1v) is 6.05. The van der Waals surface area contributed by atoms with Crippen LogP contribution in [-0.4, -0.2) is 4.98 Å². The van der Waals surface area contributed by atoms with Crippen LogP contribution in [0.25, 0.3) is 0 Å². The van der Waals surface area contributed by atoms with Gasteiger partial charge in [0.05, 0.1) is 17.1 Å². The van der Waals surface area contributed by atoms with Gasteiger partial charge in [-0.05, 0) is 12.1 Å². The van der Waals surface area contributed by atoms with Crippen molar-refractivity contribution in [3.63, 3.8) is 0 Å². The highest BCUT2D eigenvalue weighted by Crippen LogP contribution is 2.15. The Kier molecular flexibility index (Phi) is 3.97. The van der Waals surface area contributed by atoms with E-state index in [1.54, 1.807) is 17.8 Å². The largest absolute Gasteiger partial charge is 0.308 e. The summed E-state index contributed by atoms with van der Waals surface area (Å²) in [6.07, 6.45) is 1.70. The molecule has 0 atom stereocenters. The van der Waals surface area contributed by atoms with Gasteiger partial charge in [0.15, 0.2) is 0 Å². The third kappa shape index (κ3) is 2.88. The molecule has 2 aromatic rings. The minimum Gasteiger partial charge on any atom is -0.308 e. The number of thiazole rings is 1. The number of nitrogens with one attached hydrogen (secondary N) is 1. The van der Waals surface area contributed by atoms with Crippen LogP contribution in [0.5, 0.6) is 0 Å². The molecule has 0 aliphatic rings. The Balaban J connectivity index is 2.03. The zero-order chi connectivity index (χ0) is 13.0. The summed E-state index contributed by atoms with van der Waals surface area (Å²) in [4.78, 5) is 4.89. The van der Waals surface area contributed by atoms with Crippen molar-refractivity contribution in [1.82, 2.24) is 10.3 Å². The van der Waals surface area contributed by atoms with Crippen molar-refractivity contribution in [1.29, 1.82) is 5.26 Å². The number of benzene rings is 1. The van der Waals surface area contributed by atoms with Gasteiger partial charge in [-0.25, -0.2) is 8.78 Å². The van der Waals surface area contributed by atoms with E-state index in [-0.39, 0.29) is 17.7 Å². The second-order valence-corrected chi connectivity index (χ2v) is 4.57. The quantitative estimate of drug-likeness (QED) is 0.924. The third-order valence-electron chi connectivity index (χ3n) is 2.35. The number of rotatable bonds is 4. The zero-order valence-corrected chi connectivity index (χ0v) is 10.1. The van der Waals surface area contributed by atoms with Gasteiger partial charge < -0.3 is 5.32 Å². The van der Waals surface area contributed by atoms with E-state index in [4.69, 9.17) is 5.26 Å². The SMILES string of the molecule is N#Cc1cc(F)c(CNCc2cncs2)c(F)c1. The third-order valence-corrected chi connectivity index (χ3v) is 3.13. The fourth-order valence-corrected chi connectivity index (χ4v) is 2.04. The summed E-state index contributed by atoms with van der Waals surface area (Å²) in [5.74, 6) is -1.41. The standard InChI is InChI=1S/C12H9F2N3S/c13-11-1-8(3-15)2-12(14)10(11)6-16-4-9-5-17-7-18-9/h1-2,5,7,16H,4,6H2. The molecule has 1 N–H and O–H groups in total. The first kappa shape index (κ1) is 12.6. The molecule has 0 radical (unpaired) electrons. The van der Waals surface area contributed by atoms with Crippen LogP contribution in [0.1, 0.15) is 16.0 Å².